The van der Waals surface area contributed by atoms with Crippen LogP contribution in [-0.4, -0.2) is 88.1 Å². The van der Waals surface area contributed by atoms with E-state index in [9.17, 15) is 25.2 Å². The molecule has 0 aromatic carbocycles. The number of allylic oxidation sites excluding steroid dienone is 8. The van der Waals surface area contributed by atoms with Gasteiger partial charge < -0.3 is 39.7 Å². The Morgan fingerprint density at radius 2 is 1.54 bits per heavy atom. The first-order valence-electron chi connectivity index (χ1n) is 13.3. The Kier molecular flexibility index (Phi) is 18.9. The van der Waals surface area contributed by atoms with E-state index in [0.717, 1.165) is 25.7 Å². The van der Waals surface area contributed by atoms with E-state index in [1.54, 1.807) is 0 Å². The summed E-state index contributed by atoms with van der Waals surface area (Å²) >= 11 is 0. The summed E-state index contributed by atoms with van der Waals surface area (Å²) in [6.45, 7) is 1.00. The summed E-state index contributed by atoms with van der Waals surface area (Å²) in [5.41, 5.74) is 0. The normalized spacial score (nSPS) is 25.6. The summed E-state index contributed by atoms with van der Waals surface area (Å²) in [5.74, 6) is -0.439. The van der Waals surface area contributed by atoms with Gasteiger partial charge in [0.1, 0.15) is 37.1 Å². The Labute approximate surface area is 220 Å². The van der Waals surface area contributed by atoms with Crippen LogP contribution in [0.3, 0.4) is 0 Å². The molecular formula is C28H46O9. The third kappa shape index (κ3) is 15.2. The van der Waals surface area contributed by atoms with Crippen molar-refractivity contribution >= 4 is 5.97 Å². The molecule has 0 bridgehead atoms. The Balaban J connectivity index is 2.07. The van der Waals surface area contributed by atoms with E-state index in [2.05, 4.69) is 49.5 Å². The van der Waals surface area contributed by atoms with Gasteiger partial charge in [-0.2, -0.15) is 0 Å². The lowest BCUT2D eigenvalue weighted by Gasteiger charge is -2.39. The molecule has 1 aliphatic heterocycles. The second kappa shape index (κ2) is 21.1. The highest BCUT2D eigenvalue weighted by atomic mass is 16.7. The van der Waals surface area contributed by atoms with Crippen LogP contribution in [-0.2, 0) is 19.0 Å². The monoisotopic (exact) mass is 526 g/mol. The summed E-state index contributed by atoms with van der Waals surface area (Å²) in [4.78, 5) is 11.8. The van der Waals surface area contributed by atoms with Crippen molar-refractivity contribution in [3.05, 3.63) is 48.6 Å². The lowest BCUT2D eigenvalue weighted by atomic mass is 9.99. The average molecular weight is 527 g/mol. The second-order valence-electron chi connectivity index (χ2n) is 9.03. The highest BCUT2D eigenvalue weighted by molar-refractivity contribution is 5.69. The van der Waals surface area contributed by atoms with Gasteiger partial charge >= 0.3 is 5.97 Å². The van der Waals surface area contributed by atoms with Crippen LogP contribution in [0.15, 0.2) is 48.6 Å². The van der Waals surface area contributed by atoms with Crippen LogP contribution in [0, 0.1) is 0 Å². The van der Waals surface area contributed by atoms with Crippen molar-refractivity contribution in [2.45, 2.75) is 102 Å². The second-order valence-corrected chi connectivity index (χ2v) is 9.03. The number of hydrogen-bond donors (Lipinski definition) is 5. The molecule has 6 atom stereocenters. The minimum atomic E-state index is -1.56. The number of ether oxygens (including phenoxy) is 3. The fourth-order valence-corrected chi connectivity index (χ4v) is 3.49. The molecule has 0 aromatic heterocycles. The molecule has 5 N–H and O–H groups in total. The molecule has 0 radical (unpaired) electrons. The maximum atomic E-state index is 11.8. The van der Waals surface area contributed by atoms with Gasteiger partial charge in [0.25, 0.3) is 0 Å². The van der Waals surface area contributed by atoms with Crippen molar-refractivity contribution < 1.29 is 44.5 Å². The number of rotatable bonds is 19. The van der Waals surface area contributed by atoms with Gasteiger partial charge in [0, 0.05) is 6.42 Å². The fraction of sp³-hybridized carbons (Fsp3) is 0.679. The number of aliphatic hydroxyl groups excluding tert-OH is 5. The van der Waals surface area contributed by atoms with Crippen LogP contribution in [0.4, 0.5) is 0 Å². The van der Waals surface area contributed by atoms with E-state index in [4.69, 9.17) is 19.3 Å². The Bertz CT molecular complexity index is 702. The Morgan fingerprint density at radius 3 is 2.27 bits per heavy atom. The molecule has 0 saturated carbocycles. The number of esters is 1. The molecule has 0 aliphatic carbocycles. The van der Waals surface area contributed by atoms with Crippen molar-refractivity contribution in [1.82, 2.24) is 0 Å². The fourth-order valence-electron chi connectivity index (χ4n) is 3.49. The first-order chi connectivity index (χ1) is 17.9. The molecule has 212 valence electrons. The number of carbonyl (C=O) groups excluding carboxylic acids is 1. The van der Waals surface area contributed by atoms with E-state index in [-0.39, 0.29) is 19.6 Å². The van der Waals surface area contributed by atoms with Crippen LogP contribution in [0.25, 0.3) is 0 Å². The molecule has 1 heterocycles. The molecule has 1 rings (SSSR count). The first-order valence-corrected chi connectivity index (χ1v) is 13.3. The Morgan fingerprint density at radius 1 is 0.865 bits per heavy atom. The van der Waals surface area contributed by atoms with E-state index >= 15 is 0 Å². The van der Waals surface area contributed by atoms with Gasteiger partial charge in [-0.25, -0.2) is 0 Å². The summed E-state index contributed by atoms with van der Waals surface area (Å²) in [6, 6.07) is 0. The zero-order chi connectivity index (χ0) is 27.3. The predicted molar refractivity (Wildman–Crippen MR) is 140 cm³/mol. The maximum absolute atomic E-state index is 11.8. The molecule has 0 aromatic rings. The molecule has 9 nitrogen and oxygen atoms in total. The maximum Gasteiger partial charge on any atom is 0.305 e. The van der Waals surface area contributed by atoms with Crippen LogP contribution in [0.5, 0.6) is 0 Å². The van der Waals surface area contributed by atoms with Crippen molar-refractivity contribution in [3.63, 3.8) is 0 Å². The van der Waals surface area contributed by atoms with Crippen molar-refractivity contribution in [3.8, 4) is 0 Å². The summed E-state index contributed by atoms with van der Waals surface area (Å²) in [6.07, 6.45) is 16.9. The van der Waals surface area contributed by atoms with Crippen LogP contribution in [0.2, 0.25) is 0 Å². The van der Waals surface area contributed by atoms with E-state index in [1.165, 1.54) is 19.3 Å². The summed E-state index contributed by atoms with van der Waals surface area (Å²) in [7, 11) is 0. The number of carbonyl (C=O) groups is 1. The third-order valence-corrected chi connectivity index (χ3v) is 5.73. The van der Waals surface area contributed by atoms with Crippen LogP contribution < -0.4 is 0 Å². The quantitative estimate of drug-likeness (QED) is 0.0741. The standard InChI is InChI=1S/C28H46O9/c1-2-3-4-5-6-7-8-9-10-11-12-13-14-15-16-17-18-24(31)35-20-22(30)21-36-28-27(34)26(33)25(32)23(19-29)37-28/h6-9,11-12,14-15,22-23,25-30,32-34H,2-5,10,13,16-21H2,1H3/b7-6+,9-8+,12-11+,15-14+/t22?,23-,25+,26+,27-,28-/m1/s1. The SMILES string of the molecule is CCCCC/C=C/C=C/C/C=C/C/C=C/CCCC(=O)OCC(O)CO[C@@H]1O[C@H](CO)[C@H](O)[C@H](O)[C@H]1O. The largest absolute Gasteiger partial charge is 0.463 e. The number of aliphatic hydroxyl groups is 5. The van der Waals surface area contributed by atoms with Crippen molar-refractivity contribution in [1.29, 1.82) is 0 Å². The molecule has 0 amide bonds. The molecule has 0 spiro atoms. The minimum absolute atomic E-state index is 0.219. The summed E-state index contributed by atoms with van der Waals surface area (Å²) in [5, 5.41) is 48.5. The average Bonchev–Trinajstić information content (AvgIpc) is 2.90. The van der Waals surface area contributed by atoms with Crippen molar-refractivity contribution in [2.24, 2.45) is 0 Å². The van der Waals surface area contributed by atoms with Gasteiger partial charge in [-0.3, -0.25) is 4.79 Å². The molecule has 9 heteroatoms. The third-order valence-electron chi connectivity index (χ3n) is 5.73. The zero-order valence-corrected chi connectivity index (χ0v) is 21.9. The van der Waals surface area contributed by atoms with Gasteiger partial charge in [-0.05, 0) is 38.5 Å². The van der Waals surface area contributed by atoms with E-state index < -0.39 is 49.4 Å². The molecule has 1 unspecified atom stereocenters. The highest BCUT2D eigenvalue weighted by Crippen LogP contribution is 2.22. The molecule has 37 heavy (non-hydrogen) atoms. The predicted octanol–water partition coefficient (Wildman–Crippen LogP) is 2.46. The molecule has 1 saturated heterocycles. The first kappa shape index (κ1) is 33.2. The lowest BCUT2D eigenvalue weighted by molar-refractivity contribution is -0.305. The molecular weight excluding hydrogens is 480 g/mol. The summed E-state index contributed by atoms with van der Waals surface area (Å²) < 4.78 is 15.4. The van der Waals surface area contributed by atoms with Gasteiger partial charge in [0.15, 0.2) is 6.29 Å². The van der Waals surface area contributed by atoms with Gasteiger partial charge in [-0.15, -0.1) is 0 Å². The minimum Gasteiger partial charge on any atom is -0.463 e. The van der Waals surface area contributed by atoms with Crippen molar-refractivity contribution in [2.75, 3.05) is 19.8 Å². The highest BCUT2D eigenvalue weighted by Gasteiger charge is 2.44. The topological polar surface area (TPSA) is 146 Å². The molecule has 1 aliphatic rings. The molecule has 1 fully saturated rings. The smallest absolute Gasteiger partial charge is 0.305 e. The Hall–Kier alpha value is -1.85. The van der Waals surface area contributed by atoms with Gasteiger partial charge in [-0.1, -0.05) is 68.4 Å². The lowest BCUT2D eigenvalue weighted by Crippen LogP contribution is -2.59. The van der Waals surface area contributed by atoms with E-state index in [0.29, 0.717) is 6.42 Å². The van der Waals surface area contributed by atoms with Gasteiger partial charge in [0.05, 0.1) is 13.2 Å². The number of unbranched alkanes of at least 4 members (excludes halogenated alkanes) is 4. The van der Waals surface area contributed by atoms with E-state index in [1.807, 2.05) is 6.08 Å². The zero-order valence-electron chi connectivity index (χ0n) is 21.9. The van der Waals surface area contributed by atoms with Gasteiger partial charge in [0.2, 0.25) is 0 Å². The number of hydrogen-bond acceptors (Lipinski definition) is 9. The van der Waals surface area contributed by atoms with Crippen LogP contribution in [0.1, 0.15) is 64.7 Å². The van der Waals surface area contributed by atoms with Crippen LogP contribution >= 0.6 is 0 Å².